The SMILES string of the molecule is COCCN(CC(=O)c1cccc(Cl)c1)CC(C)C. The lowest BCUT2D eigenvalue weighted by molar-refractivity contribution is 0.0881. The zero-order chi connectivity index (χ0) is 14.3. The highest BCUT2D eigenvalue weighted by molar-refractivity contribution is 6.31. The Bertz CT molecular complexity index is 407. The Balaban J connectivity index is 2.64. The van der Waals surface area contributed by atoms with Gasteiger partial charge in [-0.05, 0) is 18.1 Å². The second-order valence-corrected chi connectivity index (χ2v) is 5.49. The number of carbonyl (C=O) groups is 1. The normalized spacial score (nSPS) is 11.3. The number of rotatable bonds is 8. The molecular formula is C15H22ClNO2. The van der Waals surface area contributed by atoms with Crippen molar-refractivity contribution in [1.29, 1.82) is 0 Å². The molecule has 0 spiro atoms. The molecule has 1 aromatic carbocycles. The fourth-order valence-electron chi connectivity index (χ4n) is 1.93. The minimum Gasteiger partial charge on any atom is -0.383 e. The van der Waals surface area contributed by atoms with Crippen LogP contribution in [0.1, 0.15) is 24.2 Å². The number of ether oxygens (including phenoxy) is 1. The van der Waals surface area contributed by atoms with Gasteiger partial charge in [0.2, 0.25) is 0 Å². The summed E-state index contributed by atoms with van der Waals surface area (Å²) in [5.41, 5.74) is 0.665. The lowest BCUT2D eigenvalue weighted by atomic mass is 10.1. The first-order valence-corrected chi connectivity index (χ1v) is 6.90. The van der Waals surface area contributed by atoms with E-state index in [9.17, 15) is 4.79 Å². The number of ketones is 1. The molecule has 0 aliphatic heterocycles. The van der Waals surface area contributed by atoms with Crippen LogP contribution in [-0.4, -0.2) is 44.0 Å². The molecule has 0 atom stereocenters. The summed E-state index contributed by atoms with van der Waals surface area (Å²) in [6.07, 6.45) is 0. The molecule has 0 unspecified atom stereocenters. The second-order valence-electron chi connectivity index (χ2n) is 5.06. The molecule has 0 radical (unpaired) electrons. The molecule has 3 nitrogen and oxygen atoms in total. The van der Waals surface area contributed by atoms with Gasteiger partial charge in [0.15, 0.2) is 5.78 Å². The molecule has 0 heterocycles. The predicted octanol–water partition coefficient (Wildman–Crippen LogP) is 3.13. The van der Waals surface area contributed by atoms with E-state index in [1.807, 2.05) is 0 Å². The van der Waals surface area contributed by atoms with E-state index >= 15 is 0 Å². The number of hydrogen-bond acceptors (Lipinski definition) is 3. The highest BCUT2D eigenvalue weighted by atomic mass is 35.5. The molecule has 0 aliphatic rings. The van der Waals surface area contributed by atoms with Crippen LogP contribution in [0.2, 0.25) is 5.02 Å². The molecule has 0 fully saturated rings. The number of methoxy groups -OCH3 is 1. The van der Waals surface area contributed by atoms with Crippen LogP contribution in [0.5, 0.6) is 0 Å². The van der Waals surface area contributed by atoms with E-state index in [4.69, 9.17) is 16.3 Å². The largest absolute Gasteiger partial charge is 0.383 e. The van der Waals surface area contributed by atoms with Gasteiger partial charge in [-0.25, -0.2) is 0 Å². The van der Waals surface area contributed by atoms with Crippen molar-refractivity contribution in [3.63, 3.8) is 0 Å². The van der Waals surface area contributed by atoms with Gasteiger partial charge >= 0.3 is 0 Å². The Morgan fingerprint density at radius 2 is 2.16 bits per heavy atom. The maximum atomic E-state index is 12.2. The van der Waals surface area contributed by atoms with Gasteiger partial charge in [-0.3, -0.25) is 9.69 Å². The Kier molecular flexibility index (Phi) is 7.06. The summed E-state index contributed by atoms with van der Waals surface area (Å²) in [4.78, 5) is 14.3. The third kappa shape index (κ3) is 6.19. The van der Waals surface area contributed by atoms with Gasteiger partial charge in [0.05, 0.1) is 13.2 Å². The molecule has 1 aromatic rings. The van der Waals surface area contributed by atoms with E-state index in [1.165, 1.54) is 0 Å². The third-order valence-corrected chi connectivity index (χ3v) is 2.98. The molecule has 0 aliphatic carbocycles. The van der Waals surface area contributed by atoms with Crippen molar-refractivity contribution in [2.75, 3.05) is 33.4 Å². The van der Waals surface area contributed by atoms with Crippen molar-refractivity contribution in [1.82, 2.24) is 4.90 Å². The number of Topliss-reactive ketones (excluding diaryl/α,β-unsaturated/α-hetero) is 1. The fourth-order valence-corrected chi connectivity index (χ4v) is 2.12. The second kappa shape index (κ2) is 8.31. The lowest BCUT2D eigenvalue weighted by Gasteiger charge is -2.23. The number of halogens is 1. The Morgan fingerprint density at radius 3 is 2.74 bits per heavy atom. The topological polar surface area (TPSA) is 29.5 Å². The van der Waals surface area contributed by atoms with Crippen molar-refractivity contribution in [3.8, 4) is 0 Å². The summed E-state index contributed by atoms with van der Waals surface area (Å²) in [6.45, 7) is 6.97. The van der Waals surface area contributed by atoms with Crippen LogP contribution < -0.4 is 0 Å². The van der Waals surface area contributed by atoms with E-state index < -0.39 is 0 Å². The molecule has 19 heavy (non-hydrogen) atoms. The molecule has 0 bridgehead atoms. The van der Waals surface area contributed by atoms with Crippen molar-refractivity contribution < 1.29 is 9.53 Å². The quantitative estimate of drug-likeness (QED) is 0.687. The average Bonchev–Trinajstić information content (AvgIpc) is 2.35. The highest BCUT2D eigenvalue weighted by Crippen LogP contribution is 2.12. The molecule has 0 aromatic heterocycles. The van der Waals surface area contributed by atoms with E-state index in [-0.39, 0.29) is 5.78 Å². The van der Waals surface area contributed by atoms with Crippen molar-refractivity contribution in [3.05, 3.63) is 34.9 Å². The summed E-state index contributed by atoms with van der Waals surface area (Å²) < 4.78 is 5.09. The molecule has 0 saturated heterocycles. The molecule has 0 amide bonds. The third-order valence-electron chi connectivity index (χ3n) is 2.75. The zero-order valence-electron chi connectivity index (χ0n) is 11.9. The molecule has 0 N–H and O–H groups in total. The predicted molar refractivity (Wildman–Crippen MR) is 78.9 cm³/mol. The standard InChI is InChI=1S/C15H22ClNO2/c1-12(2)10-17(7-8-19-3)11-15(18)13-5-4-6-14(16)9-13/h4-6,9,12H,7-8,10-11H2,1-3H3. The summed E-state index contributed by atoms with van der Waals surface area (Å²) in [5.74, 6) is 0.614. The van der Waals surface area contributed by atoms with E-state index in [2.05, 4.69) is 18.7 Å². The first kappa shape index (κ1) is 16.2. The van der Waals surface area contributed by atoms with Crippen molar-refractivity contribution in [2.24, 2.45) is 5.92 Å². The highest BCUT2D eigenvalue weighted by Gasteiger charge is 2.13. The molecule has 0 saturated carbocycles. The number of hydrogen-bond donors (Lipinski definition) is 0. The summed E-state index contributed by atoms with van der Waals surface area (Å²) >= 11 is 5.91. The molecule has 106 valence electrons. The van der Waals surface area contributed by atoms with Crippen LogP contribution in [0.25, 0.3) is 0 Å². The molecular weight excluding hydrogens is 262 g/mol. The van der Waals surface area contributed by atoms with Gasteiger partial charge in [-0.15, -0.1) is 0 Å². The number of carbonyl (C=O) groups excluding carboxylic acids is 1. The van der Waals surface area contributed by atoms with Gasteiger partial charge in [0.1, 0.15) is 0 Å². The van der Waals surface area contributed by atoms with E-state index in [0.29, 0.717) is 29.7 Å². The average molecular weight is 284 g/mol. The lowest BCUT2D eigenvalue weighted by Crippen LogP contribution is -2.35. The summed E-state index contributed by atoms with van der Waals surface area (Å²) in [6, 6.07) is 7.10. The fraction of sp³-hybridized carbons (Fsp3) is 0.533. The van der Waals surface area contributed by atoms with Crippen LogP contribution >= 0.6 is 11.6 Å². The van der Waals surface area contributed by atoms with Crippen LogP contribution in [0.4, 0.5) is 0 Å². The maximum Gasteiger partial charge on any atom is 0.176 e. The molecule has 4 heteroatoms. The first-order valence-electron chi connectivity index (χ1n) is 6.53. The van der Waals surface area contributed by atoms with Crippen LogP contribution in [0.15, 0.2) is 24.3 Å². The van der Waals surface area contributed by atoms with Gasteiger partial charge < -0.3 is 4.74 Å². The Hall–Kier alpha value is -0.900. The van der Waals surface area contributed by atoms with E-state index in [1.54, 1.807) is 31.4 Å². The zero-order valence-corrected chi connectivity index (χ0v) is 12.6. The minimum absolute atomic E-state index is 0.0965. The number of benzene rings is 1. The minimum atomic E-state index is 0.0965. The monoisotopic (exact) mass is 283 g/mol. The first-order chi connectivity index (χ1) is 9.02. The van der Waals surface area contributed by atoms with Crippen LogP contribution in [-0.2, 0) is 4.74 Å². The summed E-state index contributed by atoms with van der Waals surface area (Å²) in [7, 11) is 1.67. The van der Waals surface area contributed by atoms with Crippen LogP contribution in [0, 0.1) is 5.92 Å². The number of nitrogens with zero attached hydrogens (tertiary/aromatic N) is 1. The van der Waals surface area contributed by atoms with Gasteiger partial charge in [0, 0.05) is 30.8 Å². The Labute approximate surface area is 120 Å². The van der Waals surface area contributed by atoms with Gasteiger partial charge in [0.25, 0.3) is 0 Å². The van der Waals surface area contributed by atoms with Gasteiger partial charge in [-0.1, -0.05) is 37.6 Å². The van der Waals surface area contributed by atoms with Gasteiger partial charge in [-0.2, -0.15) is 0 Å². The maximum absolute atomic E-state index is 12.2. The van der Waals surface area contributed by atoms with E-state index in [0.717, 1.165) is 13.1 Å². The molecule has 1 rings (SSSR count). The van der Waals surface area contributed by atoms with Crippen molar-refractivity contribution >= 4 is 17.4 Å². The smallest absolute Gasteiger partial charge is 0.176 e. The Morgan fingerprint density at radius 1 is 1.42 bits per heavy atom. The van der Waals surface area contributed by atoms with Crippen molar-refractivity contribution in [2.45, 2.75) is 13.8 Å². The van der Waals surface area contributed by atoms with Crippen LogP contribution in [0.3, 0.4) is 0 Å². The summed E-state index contributed by atoms with van der Waals surface area (Å²) in [5, 5.41) is 0.596.